The van der Waals surface area contributed by atoms with Crippen LogP contribution in [-0.2, 0) is 20.9 Å². The third kappa shape index (κ3) is 4.06. The number of rotatable bonds is 5. The Labute approximate surface area is 142 Å². The first-order chi connectivity index (χ1) is 11.6. The Morgan fingerprint density at radius 2 is 2.00 bits per heavy atom. The van der Waals surface area contributed by atoms with Crippen molar-refractivity contribution < 1.29 is 14.3 Å². The number of carbonyl (C=O) groups is 2. The summed E-state index contributed by atoms with van der Waals surface area (Å²) in [6, 6.07) is 8.14. The van der Waals surface area contributed by atoms with E-state index in [1.807, 2.05) is 24.3 Å². The van der Waals surface area contributed by atoms with Crippen molar-refractivity contribution in [1.82, 2.24) is 5.32 Å². The summed E-state index contributed by atoms with van der Waals surface area (Å²) in [6.07, 6.45) is 2.66. The van der Waals surface area contributed by atoms with E-state index in [4.69, 9.17) is 10.5 Å². The number of primary amides is 1. The topological polar surface area (TPSA) is 84.7 Å². The Morgan fingerprint density at radius 1 is 1.21 bits per heavy atom. The van der Waals surface area contributed by atoms with Crippen molar-refractivity contribution in [2.75, 3.05) is 31.2 Å². The van der Waals surface area contributed by atoms with Gasteiger partial charge in [-0.05, 0) is 37.0 Å². The summed E-state index contributed by atoms with van der Waals surface area (Å²) in [5, 5.41) is 2.97. The van der Waals surface area contributed by atoms with Crippen LogP contribution in [0.4, 0.5) is 5.69 Å². The van der Waals surface area contributed by atoms with Crippen molar-refractivity contribution in [2.24, 2.45) is 17.6 Å². The van der Waals surface area contributed by atoms with Crippen LogP contribution in [0, 0.1) is 11.8 Å². The van der Waals surface area contributed by atoms with E-state index in [-0.39, 0.29) is 23.7 Å². The summed E-state index contributed by atoms with van der Waals surface area (Å²) >= 11 is 0. The van der Waals surface area contributed by atoms with E-state index in [0.29, 0.717) is 26.3 Å². The van der Waals surface area contributed by atoms with Crippen LogP contribution in [0.25, 0.3) is 0 Å². The first-order valence-corrected chi connectivity index (χ1v) is 8.62. The number of hydrogen-bond donors (Lipinski definition) is 2. The molecule has 24 heavy (non-hydrogen) atoms. The molecule has 0 saturated carbocycles. The van der Waals surface area contributed by atoms with Crippen molar-refractivity contribution in [3.05, 3.63) is 29.8 Å². The molecule has 6 heteroatoms. The quantitative estimate of drug-likeness (QED) is 0.844. The third-order valence-corrected chi connectivity index (χ3v) is 4.89. The fourth-order valence-electron chi connectivity index (χ4n) is 3.34. The van der Waals surface area contributed by atoms with Gasteiger partial charge in [0.1, 0.15) is 0 Å². The molecule has 3 N–H and O–H groups in total. The van der Waals surface area contributed by atoms with E-state index >= 15 is 0 Å². The number of nitrogens with one attached hydrogen (secondary N) is 1. The minimum absolute atomic E-state index is 0.0108. The molecule has 0 spiro atoms. The zero-order chi connectivity index (χ0) is 16.9. The number of carbonyl (C=O) groups excluding carboxylic acids is 2. The minimum atomic E-state index is -0.213. The maximum atomic E-state index is 12.0. The molecular weight excluding hydrogens is 306 g/mol. The lowest BCUT2D eigenvalue weighted by atomic mass is 9.97. The maximum Gasteiger partial charge on any atom is 0.225 e. The molecule has 2 heterocycles. The number of anilines is 1. The van der Waals surface area contributed by atoms with Gasteiger partial charge in [-0.1, -0.05) is 12.1 Å². The van der Waals surface area contributed by atoms with E-state index in [2.05, 4.69) is 10.2 Å². The molecule has 0 aliphatic carbocycles. The van der Waals surface area contributed by atoms with Crippen LogP contribution in [-0.4, -0.2) is 38.1 Å². The number of benzene rings is 1. The van der Waals surface area contributed by atoms with Crippen LogP contribution in [0.15, 0.2) is 24.3 Å². The van der Waals surface area contributed by atoms with Gasteiger partial charge in [-0.2, -0.15) is 0 Å². The van der Waals surface area contributed by atoms with Gasteiger partial charge < -0.3 is 20.7 Å². The number of nitrogens with two attached hydrogens (primary N) is 1. The van der Waals surface area contributed by atoms with Crippen molar-refractivity contribution >= 4 is 17.5 Å². The second-order valence-electron chi connectivity index (χ2n) is 6.63. The molecule has 2 atom stereocenters. The lowest BCUT2D eigenvalue weighted by Crippen LogP contribution is -2.41. The van der Waals surface area contributed by atoms with Crippen molar-refractivity contribution in [3.63, 3.8) is 0 Å². The molecule has 6 nitrogen and oxygen atoms in total. The fraction of sp³-hybridized carbons (Fsp3) is 0.556. The smallest absolute Gasteiger partial charge is 0.225 e. The van der Waals surface area contributed by atoms with E-state index in [0.717, 1.165) is 37.1 Å². The molecule has 2 amide bonds. The van der Waals surface area contributed by atoms with Crippen LogP contribution < -0.4 is 16.0 Å². The number of piperidine rings is 1. The van der Waals surface area contributed by atoms with Gasteiger partial charge in [-0.25, -0.2) is 0 Å². The number of ether oxygens (including phenoxy) is 1. The minimum Gasteiger partial charge on any atom is -0.381 e. The first-order valence-electron chi connectivity index (χ1n) is 8.62. The van der Waals surface area contributed by atoms with E-state index in [9.17, 15) is 9.59 Å². The van der Waals surface area contributed by atoms with Crippen LogP contribution in [0.3, 0.4) is 0 Å². The summed E-state index contributed by atoms with van der Waals surface area (Å²) < 4.78 is 5.24. The second-order valence-corrected chi connectivity index (χ2v) is 6.63. The molecule has 2 fully saturated rings. The van der Waals surface area contributed by atoms with Crippen LogP contribution in [0.2, 0.25) is 0 Å². The lowest BCUT2D eigenvalue weighted by molar-refractivity contribution is -0.125. The molecule has 2 saturated heterocycles. The largest absolute Gasteiger partial charge is 0.381 e. The predicted molar refractivity (Wildman–Crippen MR) is 91.3 cm³/mol. The Bertz CT molecular complexity index is 582. The monoisotopic (exact) mass is 331 g/mol. The van der Waals surface area contributed by atoms with E-state index < -0.39 is 0 Å². The SMILES string of the molecule is NC(=O)[C@@H]1CCCN(c2ccc(CNC(=O)[C@H]3CCOC3)cc2)C1. The lowest BCUT2D eigenvalue weighted by Gasteiger charge is -2.33. The zero-order valence-electron chi connectivity index (χ0n) is 13.9. The Morgan fingerprint density at radius 3 is 2.67 bits per heavy atom. The van der Waals surface area contributed by atoms with E-state index in [1.54, 1.807) is 0 Å². The van der Waals surface area contributed by atoms with Crippen LogP contribution in [0.1, 0.15) is 24.8 Å². The van der Waals surface area contributed by atoms with Crippen LogP contribution >= 0.6 is 0 Å². The van der Waals surface area contributed by atoms with Gasteiger partial charge in [0.05, 0.1) is 18.4 Å². The summed E-state index contributed by atoms with van der Waals surface area (Å²) in [4.78, 5) is 25.6. The molecule has 2 aliphatic rings. The van der Waals surface area contributed by atoms with Gasteiger partial charge in [0, 0.05) is 31.9 Å². The van der Waals surface area contributed by atoms with E-state index in [1.165, 1.54) is 0 Å². The second kappa shape index (κ2) is 7.66. The molecule has 1 aromatic rings. The van der Waals surface area contributed by atoms with Gasteiger partial charge >= 0.3 is 0 Å². The zero-order valence-corrected chi connectivity index (χ0v) is 13.9. The standard InChI is InChI=1S/C18H25N3O3/c19-17(22)14-2-1-8-21(11-14)16-5-3-13(4-6-16)10-20-18(23)15-7-9-24-12-15/h3-6,14-15H,1-2,7-12H2,(H2,19,22)(H,20,23)/t14-,15+/m1/s1. The summed E-state index contributed by atoms with van der Waals surface area (Å²) in [5.74, 6) is -0.221. The predicted octanol–water partition coefficient (Wildman–Crippen LogP) is 1.04. The Balaban J connectivity index is 1.53. The first kappa shape index (κ1) is 16.8. The molecule has 0 bridgehead atoms. The average Bonchev–Trinajstić information content (AvgIpc) is 3.15. The van der Waals surface area contributed by atoms with Gasteiger partial charge in [-0.3, -0.25) is 9.59 Å². The molecule has 0 radical (unpaired) electrons. The summed E-state index contributed by atoms with van der Waals surface area (Å²) in [5.41, 5.74) is 7.60. The summed E-state index contributed by atoms with van der Waals surface area (Å²) in [7, 11) is 0. The van der Waals surface area contributed by atoms with Crippen molar-refractivity contribution in [3.8, 4) is 0 Å². The van der Waals surface area contributed by atoms with Gasteiger partial charge in [0.15, 0.2) is 0 Å². The van der Waals surface area contributed by atoms with Gasteiger partial charge in [-0.15, -0.1) is 0 Å². The third-order valence-electron chi connectivity index (χ3n) is 4.89. The Kier molecular flexibility index (Phi) is 5.35. The highest BCUT2D eigenvalue weighted by atomic mass is 16.5. The highest BCUT2D eigenvalue weighted by Crippen LogP contribution is 2.23. The number of amides is 2. The Hall–Kier alpha value is -2.08. The number of nitrogens with zero attached hydrogens (tertiary/aromatic N) is 1. The molecule has 130 valence electrons. The van der Waals surface area contributed by atoms with Gasteiger partial charge in [0.25, 0.3) is 0 Å². The molecule has 3 rings (SSSR count). The molecule has 0 aromatic heterocycles. The average molecular weight is 331 g/mol. The molecule has 0 unspecified atom stereocenters. The maximum absolute atomic E-state index is 12.0. The molecular formula is C18H25N3O3. The molecule has 2 aliphatic heterocycles. The van der Waals surface area contributed by atoms with Crippen molar-refractivity contribution in [1.29, 1.82) is 0 Å². The van der Waals surface area contributed by atoms with Gasteiger partial charge in [0.2, 0.25) is 11.8 Å². The van der Waals surface area contributed by atoms with Crippen LogP contribution in [0.5, 0.6) is 0 Å². The normalized spacial score (nSPS) is 23.9. The highest BCUT2D eigenvalue weighted by molar-refractivity contribution is 5.79. The highest BCUT2D eigenvalue weighted by Gasteiger charge is 2.24. The number of hydrogen-bond acceptors (Lipinski definition) is 4. The summed E-state index contributed by atoms with van der Waals surface area (Å²) in [6.45, 7) is 3.36. The van der Waals surface area contributed by atoms with Crippen molar-refractivity contribution in [2.45, 2.75) is 25.8 Å². The fourth-order valence-corrected chi connectivity index (χ4v) is 3.34. The molecule has 1 aromatic carbocycles.